The standard InChI is InChI=1S/C12H18N4OS/c1-3-4-14-12-15-10(13-5-6-17)9-7-8(2)18-11(9)16-12/h7,17H,3-6H2,1-2H3,(H2,13,14,15,16). The molecule has 5 nitrogen and oxygen atoms in total. The molecule has 98 valence electrons. The van der Waals surface area contributed by atoms with Crippen molar-refractivity contribution < 1.29 is 5.11 Å². The van der Waals surface area contributed by atoms with Gasteiger partial charge in [-0.2, -0.15) is 4.98 Å². The number of hydrogen-bond donors (Lipinski definition) is 3. The first kappa shape index (κ1) is 13.0. The number of aliphatic hydroxyl groups excluding tert-OH is 1. The van der Waals surface area contributed by atoms with Crippen LogP contribution in [0.4, 0.5) is 11.8 Å². The van der Waals surface area contributed by atoms with Gasteiger partial charge in [0.2, 0.25) is 5.95 Å². The number of rotatable bonds is 6. The first-order valence-corrected chi connectivity index (χ1v) is 6.93. The fourth-order valence-electron chi connectivity index (χ4n) is 1.67. The number of aryl methyl sites for hydroxylation is 1. The van der Waals surface area contributed by atoms with E-state index in [2.05, 4.69) is 40.5 Å². The van der Waals surface area contributed by atoms with Gasteiger partial charge in [0, 0.05) is 18.0 Å². The van der Waals surface area contributed by atoms with E-state index >= 15 is 0 Å². The van der Waals surface area contributed by atoms with Crippen LogP contribution < -0.4 is 10.6 Å². The van der Waals surface area contributed by atoms with E-state index in [0.717, 1.165) is 29.0 Å². The second kappa shape index (κ2) is 5.97. The molecular formula is C12H18N4OS. The molecule has 0 saturated carbocycles. The van der Waals surface area contributed by atoms with Gasteiger partial charge < -0.3 is 15.7 Å². The van der Waals surface area contributed by atoms with Crippen LogP contribution in [-0.4, -0.2) is 34.8 Å². The summed E-state index contributed by atoms with van der Waals surface area (Å²) in [5, 5.41) is 16.2. The van der Waals surface area contributed by atoms with Gasteiger partial charge >= 0.3 is 0 Å². The van der Waals surface area contributed by atoms with Gasteiger partial charge in [-0.25, -0.2) is 4.98 Å². The summed E-state index contributed by atoms with van der Waals surface area (Å²) < 4.78 is 0. The molecule has 18 heavy (non-hydrogen) atoms. The fourth-order valence-corrected chi connectivity index (χ4v) is 2.55. The van der Waals surface area contributed by atoms with Gasteiger partial charge in [0.05, 0.1) is 12.0 Å². The van der Waals surface area contributed by atoms with Gasteiger partial charge in [-0.3, -0.25) is 0 Å². The summed E-state index contributed by atoms with van der Waals surface area (Å²) in [5.74, 6) is 1.43. The average Bonchev–Trinajstić information content (AvgIpc) is 2.73. The Kier molecular flexibility index (Phi) is 4.33. The van der Waals surface area contributed by atoms with E-state index < -0.39 is 0 Å². The quantitative estimate of drug-likeness (QED) is 0.748. The van der Waals surface area contributed by atoms with E-state index in [0.29, 0.717) is 12.5 Å². The van der Waals surface area contributed by atoms with Crippen LogP contribution in [0.1, 0.15) is 18.2 Å². The molecule has 0 spiro atoms. The summed E-state index contributed by atoms with van der Waals surface area (Å²) in [6.45, 7) is 5.60. The van der Waals surface area contributed by atoms with Crippen LogP contribution in [0.15, 0.2) is 6.07 Å². The smallest absolute Gasteiger partial charge is 0.226 e. The second-order valence-electron chi connectivity index (χ2n) is 4.05. The van der Waals surface area contributed by atoms with Gasteiger partial charge in [0.25, 0.3) is 0 Å². The maximum absolute atomic E-state index is 8.90. The topological polar surface area (TPSA) is 70.1 Å². The molecule has 0 aliphatic rings. The lowest BCUT2D eigenvalue weighted by atomic mass is 10.3. The van der Waals surface area contributed by atoms with Crippen LogP contribution in [-0.2, 0) is 0 Å². The van der Waals surface area contributed by atoms with Crippen LogP contribution in [0, 0.1) is 6.92 Å². The number of fused-ring (bicyclic) bond motifs is 1. The Bertz CT molecular complexity index is 526. The molecule has 0 radical (unpaired) electrons. The van der Waals surface area contributed by atoms with Crippen LogP contribution in [0.2, 0.25) is 0 Å². The predicted octanol–water partition coefficient (Wildman–Crippen LogP) is 2.23. The molecule has 2 heterocycles. The average molecular weight is 266 g/mol. The van der Waals surface area contributed by atoms with Gasteiger partial charge in [0.15, 0.2) is 0 Å². The van der Waals surface area contributed by atoms with Crippen molar-refractivity contribution in [1.29, 1.82) is 0 Å². The summed E-state index contributed by atoms with van der Waals surface area (Å²) in [5.41, 5.74) is 0. The molecule has 6 heteroatoms. The molecule has 2 aromatic heterocycles. The summed E-state index contributed by atoms with van der Waals surface area (Å²) in [4.78, 5) is 11.1. The lowest BCUT2D eigenvalue weighted by Gasteiger charge is -2.08. The Morgan fingerprint density at radius 2 is 2.11 bits per heavy atom. The third kappa shape index (κ3) is 2.88. The van der Waals surface area contributed by atoms with E-state index in [4.69, 9.17) is 5.11 Å². The Morgan fingerprint density at radius 1 is 1.28 bits per heavy atom. The maximum Gasteiger partial charge on any atom is 0.226 e. The summed E-state index contributed by atoms with van der Waals surface area (Å²) >= 11 is 1.65. The van der Waals surface area contributed by atoms with E-state index in [1.54, 1.807) is 11.3 Å². The molecule has 2 aromatic rings. The molecule has 0 amide bonds. The first-order valence-electron chi connectivity index (χ1n) is 6.11. The minimum Gasteiger partial charge on any atom is -0.395 e. The Hall–Kier alpha value is -1.40. The maximum atomic E-state index is 8.90. The molecule has 0 bridgehead atoms. The van der Waals surface area contributed by atoms with Crippen LogP contribution in [0.25, 0.3) is 10.2 Å². The van der Waals surface area contributed by atoms with E-state index in [9.17, 15) is 0 Å². The van der Waals surface area contributed by atoms with Crippen molar-refractivity contribution >= 4 is 33.3 Å². The number of nitrogens with one attached hydrogen (secondary N) is 2. The number of hydrogen-bond acceptors (Lipinski definition) is 6. The molecule has 2 rings (SSSR count). The molecule has 0 saturated heterocycles. The van der Waals surface area contributed by atoms with Crippen molar-refractivity contribution in [2.24, 2.45) is 0 Å². The van der Waals surface area contributed by atoms with Gasteiger partial charge in [-0.1, -0.05) is 6.92 Å². The predicted molar refractivity (Wildman–Crippen MR) is 76.5 cm³/mol. The number of nitrogens with zero attached hydrogens (tertiary/aromatic N) is 2. The Morgan fingerprint density at radius 3 is 2.83 bits per heavy atom. The summed E-state index contributed by atoms with van der Waals surface area (Å²) in [7, 11) is 0. The van der Waals surface area contributed by atoms with Gasteiger partial charge in [-0.15, -0.1) is 11.3 Å². The minimum absolute atomic E-state index is 0.0896. The zero-order valence-electron chi connectivity index (χ0n) is 10.7. The molecule has 0 aliphatic heterocycles. The third-order valence-electron chi connectivity index (χ3n) is 2.45. The van der Waals surface area contributed by atoms with Gasteiger partial charge in [-0.05, 0) is 19.4 Å². The highest BCUT2D eigenvalue weighted by atomic mass is 32.1. The number of anilines is 2. The van der Waals surface area contributed by atoms with Crippen molar-refractivity contribution in [3.8, 4) is 0 Å². The van der Waals surface area contributed by atoms with Crippen LogP contribution in [0.3, 0.4) is 0 Å². The lowest BCUT2D eigenvalue weighted by molar-refractivity contribution is 0.311. The largest absolute Gasteiger partial charge is 0.395 e. The molecule has 0 fully saturated rings. The monoisotopic (exact) mass is 266 g/mol. The summed E-state index contributed by atoms with van der Waals surface area (Å²) in [6, 6.07) is 2.07. The minimum atomic E-state index is 0.0896. The van der Waals surface area contributed by atoms with Crippen molar-refractivity contribution in [1.82, 2.24) is 9.97 Å². The van der Waals surface area contributed by atoms with E-state index in [1.807, 2.05) is 0 Å². The molecule has 0 atom stereocenters. The highest BCUT2D eigenvalue weighted by molar-refractivity contribution is 7.18. The molecule has 0 aromatic carbocycles. The first-order chi connectivity index (χ1) is 8.74. The number of aliphatic hydroxyl groups is 1. The zero-order chi connectivity index (χ0) is 13.0. The van der Waals surface area contributed by atoms with Crippen molar-refractivity contribution in [3.63, 3.8) is 0 Å². The zero-order valence-corrected chi connectivity index (χ0v) is 11.5. The van der Waals surface area contributed by atoms with Crippen molar-refractivity contribution in [2.75, 3.05) is 30.3 Å². The van der Waals surface area contributed by atoms with E-state index in [1.165, 1.54) is 4.88 Å². The molecule has 0 aliphatic carbocycles. The fraction of sp³-hybridized carbons (Fsp3) is 0.500. The van der Waals surface area contributed by atoms with Gasteiger partial charge in [0.1, 0.15) is 10.6 Å². The number of thiophene rings is 1. The van der Waals surface area contributed by atoms with Crippen molar-refractivity contribution in [2.45, 2.75) is 20.3 Å². The number of aromatic nitrogens is 2. The Labute approximate surface area is 110 Å². The van der Waals surface area contributed by atoms with Crippen LogP contribution >= 0.6 is 11.3 Å². The SMILES string of the molecule is CCCNc1nc(NCCO)c2cc(C)sc2n1. The van der Waals surface area contributed by atoms with Crippen LogP contribution in [0.5, 0.6) is 0 Å². The highest BCUT2D eigenvalue weighted by Gasteiger charge is 2.09. The Balaban J connectivity index is 2.36. The van der Waals surface area contributed by atoms with Crippen molar-refractivity contribution in [3.05, 3.63) is 10.9 Å². The normalized spacial score (nSPS) is 10.8. The molecule has 3 N–H and O–H groups in total. The second-order valence-corrected chi connectivity index (χ2v) is 5.28. The van der Waals surface area contributed by atoms with E-state index in [-0.39, 0.29) is 6.61 Å². The highest BCUT2D eigenvalue weighted by Crippen LogP contribution is 2.29. The third-order valence-corrected chi connectivity index (χ3v) is 3.40. The lowest BCUT2D eigenvalue weighted by Crippen LogP contribution is -2.10. The molecular weight excluding hydrogens is 248 g/mol. The molecule has 0 unspecified atom stereocenters. The summed E-state index contributed by atoms with van der Waals surface area (Å²) in [6.07, 6.45) is 1.03.